The van der Waals surface area contributed by atoms with Crippen LogP contribution < -0.4 is 0 Å². The van der Waals surface area contributed by atoms with E-state index in [9.17, 15) is 15.3 Å². The molecule has 5 atom stereocenters. The van der Waals surface area contributed by atoms with Gasteiger partial charge in [0.2, 0.25) is 0 Å². The van der Waals surface area contributed by atoms with E-state index in [1.165, 1.54) is 11.1 Å². The van der Waals surface area contributed by atoms with Crippen molar-refractivity contribution in [2.75, 3.05) is 40.4 Å². The summed E-state index contributed by atoms with van der Waals surface area (Å²) in [5.41, 5.74) is 3.61. The van der Waals surface area contributed by atoms with Crippen LogP contribution in [0, 0.1) is 17.8 Å². The van der Waals surface area contributed by atoms with E-state index in [-0.39, 0.29) is 18.1 Å². The molecule has 1 aliphatic heterocycles. The van der Waals surface area contributed by atoms with Crippen molar-refractivity contribution < 1.29 is 24.8 Å². The zero-order valence-corrected chi connectivity index (χ0v) is 25.4. The third kappa shape index (κ3) is 8.43. The van der Waals surface area contributed by atoms with Crippen molar-refractivity contribution in [3.63, 3.8) is 0 Å². The van der Waals surface area contributed by atoms with E-state index in [0.29, 0.717) is 18.3 Å². The van der Waals surface area contributed by atoms with Gasteiger partial charge in [-0.25, -0.2) is 0 Å². The van der Waals surface area contributed by atoms with Crippen molar-refractivity contribution in [3.05, 3.63) is 83.2 Å². The average Bonchev–Trinajstić information content (AvgIpc) is 3.87. The standard InChI is InChI=1S/C35H50N2O5/c1-36(18-15-25-7-4-3-5-8-25)35(40)31-14-13-29(41-2)22-33(31)37-19-16-26(17-20-37)24-42-30-10-6-9-28(21-30)32(23-34(38)39)27-11-12-27/h3-7,9-11,13-14,25-26,30,32-35,38-40H,8,12,15-24H2,1-2H3. The van der Waals surface area contributed by atoms with Crippen LogP contribution in [0.3, 0.4) is 0 Å². The van der Waals surface area contributed by atoms with Crippen molar-refractivity contribution in [2.45, 2.75) is 76.0 Å². The number of aliphatic hydroxyl groups is 3. The predicted molar refractivity (Wildman–Crippen MR) is 166 cm³/mol. The van der Waals surface area contributed by atoms with E-state index in [2.05, 4.69) is 64.5 Å². The summed E-state index contributed by atoms with van der Waals surface area (Å²) in [6, 6.07) is 0.131. The van der Waals surface area contributed by atoms with Gasteiger partial charge in [-0.15, -0.1) is 0 Å². The molecular weight excluding hydrogens is 528 g/mol. The highest BCUT2D eigenvalue weighted by Crippen LogP contribution is 2.39. The molecule has 5 rings (SSSR count). The Labute approximate surface area is 251 Å². The molecule has 0 bridgehead atoms. The lowest BCUT2D eigenvalue weighted by Crippen LogP contribution is -2.48. The normalized spacial score (nSPS) is 27.9. The maximum atomic E-state index is 11.4. The Morgan fingerprint density at radius 2 is 1.81 bits per heavy atom. The molecule has 0 aromatic carbocycles. The molecule has 1 saturated heterocycles. The van der Waals surface area contributed by atoms with Gasteiger partial charge in [-0.1, -0.05) is 65.8 Å². The highest BCUT2D eigenvalue weighted by molar-refractivity contribution is 5.36. The molecule has 0 aromatic heterocycles. The second kappa shape index (κ2) is 15.0. The zero-order chi connectivity index (χ0) is 29.5. The second-order valence-electron chi connectivity index (χ2n) is 12.6. The van der Waals surface area contributed by atoms with E-state index in [1.807, 2.05) is 13.1 Å². The number of rotatable bonds is 14. The molecular formula is C35H50N2O5. The van der Waals surface area contributed by atoms with E-state index in [1.54, 1.807) is 7.11 Å². The minimum Gasteiger partial charge on any atom is -0.501 e. The largest absolute Gasteiger partial charge is 0.501 e. The van der Waals surface area contributed by atoms with Gasteiger partial charge in [-0.3, -0.25) is 9.80 Å². The lowest BCUT2D eigenvalue weighted by atomic mass is 9.86. The third-order valence-electron chi connectivity index (χ3n) is 9.63. The van der Waals surface area contributed by atoms with Crippen molar-refractivity contribution in [3.8, 4) is 0 Å². The minimum atomic E-state index is -1.29. The summed E-state index contributed by atoms with van der Waals surface area (Å²) in [6.07, 6.45) is 26.6. The van der Waals surface area contributed by atoms with E-state index in [4.69, 9.17) is 9.47 Å². The molecule has 42 heavy (non-hydrogen) atoms. The Hall–Kier alpha value is -2.26. The number of methoxy groups -OCH3 is 1. The number of piperidine rings is 1. The molecule has 7 nitrogen and oxygen atoms in total. The lowest BCUT2D eigenvalue weighted by Gasteiger charge is -2.42. The Kier molecular flexibility index (Phi) is 11.1. The molecule has 1 heterocycles. The van der Waals surface area contributed by atoms with E-state index < -0.39 is 12.5 Å². The van der Waals surface area contributed by atoms with Crippen molar-refractivity contribution >= 4 is 0 Å². The van der Waals surface area contributed by atoms with Gasteiger partial charge in [0.1, 0.15) is 6.23 Å². The molecule has 0 saturated carbocycles. The number of allylic oxidation sites excluding steroid dienone is 10. The first-order valence-electron chi connectivity index (χ1n) is 15.9. The number of hydrogen-bond acceptors (Lipinski definition) is 7. The topological polar surface area (TPSA) is 85.6 Å². The summed E-state index contributed by atoms with van der Waals surface area (Å²) >= 11 is 0. The third-order valence-corrected chi connectivity index (χ3v) is 9.63. The number of ether oxygens (including phenoxy) is 2. The van der Waals surface area contributed by atoms with Crippen LogP contribution in [0.4, 0.5) is 0 Å². The fraction of sp³-hybridized carbons (Fsp3) is 0.600. The fourth-order valence-corrected chi connectivity index (χ4v) is 6.85. The summed E-state index contributed by atoms with van der Waals surface area (Å²) in [5.74, 6) is 2.12. The van der Waals surface area contributed by atoms with Crippen molar-refractivity contribution in [1.29, 1.82) is 0 Å². The van der Waals surface area contributed by atoms with Crippen molar-refractivity contribution in [1.82, 2.24) is 9.80 Å². The van der Waals surface area contributed by atoms with E-state index in [0.717, 1.165) is 82.5 Å². The minimum absolute atomic E-state index is 0.0359. The number of likely N-dealkylation sites (N-methyl/N-ethyl adjacent to an activating group) is 1. The molecule has 0 aromatic rings. The SMILES string of the molecule is COC1=CC=C(C(O)N(C)CCC2C=CC=CC2)C(N2CCC(COC3C=CC=C(C(CC(O)O)C4=CC4)C3)CC2)C1. The molecule has 3 N–H and O–H groups in total. The Bertz CT molecular complexity index is 1120. The van der Waals surface area contributed by atoms with Crippen LogP contribution in [0.15, 0.2) is 83.2 Å². The molecule has 0 radical (unpaired) electrons. The monoisotopic (exact) mass is 578 g/mol. The van der Waals surface area contributed by atoms with Gasteiger partial charge in [0.15, 0.2) is 6.29 Å². The van der Waals surface area contributed by atoms with Gasteiger partial charge in [0, 0.05) is 31.3 Å². The quantitative estimate of drug-likeness (QED) is 0.205. The van der Waals surface area contributed by atoms with Crippen LogP contribution in [-0.4, -0.2) is 90.2 Å². The van der Waals surface area contributed by atoms with Crippen LogP contribution in [0.5, 0.6) is 0 Å². The maximum absolute atomic E-state index is 11.4. The number of hydrogen-bond donors (Lipinski definition) is 3. The van der Waals surface area contributed by atoms with Gasteiger partial charge in [-0.2, -0.15) is 0 Å². The van der Waals surface area contributed by atoms with Gasteiger partial charge >= 0.3 is 0 Å². The summed E-state index contributed by atoms with van der Waals surface area (Å²) in [4.78, 5) is 4.61. The summed E-state index contributed by atoms with van der Waals surface area (Å²) in [7, 11) is 3.76. The molecule has 7 heteroatoms. The number of aliphatic hydroxyl groups excluding tert-OH is 2. The van der Waals surface area contributed by atoms with Crippen LogP contribution in [0.25, 0.3) is 0 Å². The summed E-state index contributed by atoms with van der Waals surface area (Å²) in [6.45, 7) is 3.52. The van der Waals surface area contributed by atoms with Gasteiger partial charge in [-0.05, 0) is 82.1 Å². The summed E-state index contributed by atoms with van der Waals surface area (Å²) in [5, 5.41) is 30.6. The molecule has 5 unspecified atom stereocenters. The van der Waals surface area contributed by atoms with E-state index >= 15 is 0 Å². The Morgan fingerprint density at radius 1 is 1.00 bits per heavy atom. The molecule has 1 fully saturated rings. The average molecular weight is 579 g/mol. The van der Waals surface area contributed by atoms with Crippen LogP contribution in [0.2, 0.25) is 0 Å². The first kappa shape index (κ1) is 31.2. The lowest BCUT2D eigenvalue weighted by molar-refractivity contribution is -0.0510. The molecule has 0 amide bonds. The molecule has 5 aliphatic rings. The van der Waals surface area contributed by atoms with Gasteiger partial charge in [0.25, 0.3) is 0 Å². The smallest absolute Gasteiger partial charge is 0.152 e. The Morgan fingerprint density at radius 3 is 2.50 bits per heavy atom. The molecule has 4 aliphatic carbocycles. The van der Waals surface area contributed by atoms with Gasteiger partial charge in [0.05, 0.1) is 25.6 Å². The molecule has 230 valence electrons. The highest BCUT2D eigenvalue weighted by Gasteiger charge is 2.34. The zero-order valence-electron chi connectivity index (χ0n) is 25.4. The number of nitrogens with zero attached hydrogens (tertiary/aromatic N) is 2. The predicted octanol–water partition coefficient (Wildman–Crippen LogP) is 4.62. The van der Waals surface area contributed by atoms with Crippen LogP contribution in [-0.2, 0) is 9.47 Å². The fourth-order valence-electron chi connectivity index (χ4n) is 6.85. The summed E-state index contributed by atoms with van der Waals surface area (Å²) < 4.78 is 12.0. The highest BCUT2D eigenvalue weighted by atomic mass is 16.5. The van der Waals surface area contributed by atoms with Gasteiger partial charge < -0.3 is 24.8 Å². The first-order valence-corrected chi connectivity index (χ1v) is 15.9. The second-order valence-corrected chi connectivity index (χ2v) is 12.6. The Balaban J connectivity index is 1.10. The maximum Gasteiger partial charge on any atom is 0.152 e. The van der Waals surface area contributed by atoms with Crippen molar-refractivity contribution in [2.24, 2.45) is 17.8 Å². The number of likely N-dealkylation sites (tertiary alicyclic amines) is 1. The van der Waals surface area contributed by atoms with Crippen LogP contribution in [0.1, 0.15) is 51.4 Å². The van der Waals surface area contributed by atoms with Crippen LogP contribution >= 0.6 is 0 Å². The molecule has 0 spiro atoms. The first-order chi connectivity index (χ1) is 20.4.